The van der Waals surface area contributed by atoms with Crippen LogP contribution >= 0.6 is 15.9 Å². The molecule has 4 heteroatoms. The van der Waals surface area contributed by atoms with Crippen LogP contribution in [0.5, 0.6) is 0 Å². The molecule has 0 spiro atoms. The van der Waals surface area contributed by atoms with Crippen LogP contribution in [-0.4, -0.2) is 36.1 Å². The second-order valence-electron chi connectivity index (χ2n) is 6.04. The lowest BCUT2D eigenvalue weighted by Crippen LogP contribution is -2.50. The van der Waals surface area contributed by atoms with Crippen LogP contribution in [0.4, 0.5) is 0 Å². The van der Waals surface area contributed by atoms with Crippen molar-refractivity contribution in [3.63, 3.8) is 0 Å². The van der Waals surface area contributed by atoms with Crippen molar-refractivity contribution < 1.29 is 9.53 Å². The first-order valence-electron chi connectivity index (χ1n) is 7.07. The SMILES string of the molecule is CC1(C)CN(C(=O)c2ccc3cc(Br)ccc3c2)CCO1. The van der Waals surface area contributed by atoms with Crippen LogP contribution in [0.2, 0.25) is 0 Å². The van der Waals surface area contributed by atoms with Crippen LogP contribution in [0.25, 0.3) is 10.8 Å². The number of halogens is 1. The predicted octanol–water partition coefficient (Wildman–Crippen LogP) is 3.85. The monoisotopic (exact) mass is 347 g/mol. The van der Waals surface area contributed by atoms with Crippen molar-refractivity contribution in [2.24, 2.45) is 0 Å². The van der Waals surface area contributed by atoms with Gasteiger partial charge in [0.1, 0.15) is 0 Å². The lowest BCUT2D eigenvalue weighted by atomic mass is 10.0. The van der Waals surface area contributed by atoms with Gasteiger partial charge in [0.2, 0.25) is 0 Å². The highest BCUT2D eigenvalue weighted by atomic mass is 79.9. The van der Waals surface area contributed by atoms with Gasteiger partial charge in [-0.25, -0.2) is 0 Å². The van der Waals surface area contributed by atoms with Gasteiger partial charge in [-0.3, -0.25) is 4.79 Å². The fraction of sp³-hybridized carbons (Fsp3) is 0.353. The van der Waals surface area contributed by atoms with E-state index in [1.807, 2.05) is 49.1 Å². The summed E-state index contributed by atoms with van der Waals surface area (Å²) in [6, 6.07) is 11.9. The molecule has 1 fully saturated rings. The maximum Gasteiger partial charge on any atom is 0.254 e. The molecule has 21 heavy (non-hydrogen) atoms. The summed E-state index contributed by atoms with van der Waals surface area (Å²) in [5.41, 5.74) is 0.470. The number of carbonyl (C=O) groups excluding carboxylic acids is 1. The van der Waals surface area contributed by atoms with Crippen LogP contribution in [0.15, 0.2) is 40.9 Å². The van der Waals surface area contributed by atoms with Crippen molar-refractivity contribution in [1.29, 1.82) is 0 Å². The number of benzene rings is 2. The van der Waals surface area contributed by atoms with Crippen LogP contribution < -0.4 is 0 Å². The first-order valence-corrected chi connectivity index (χ1v) is 7.86. The molecule has 0 saturated carbocycles. The van der Waals surface area contributed by atoms with Gasteiger partial charge in [0.05, 0.1) is 12.2 Å². The molecule has 1 aliphatic rings. The molecule has 1 aliphatic heterocycles. The average Bonchev–Trinajstić information content (AvgIpc) is 2.45. The first-order chi connectivity index (χ1) is 9.94. The Morgan fingerprint density at radius 3 is 2.67 bits per heavy atom. The van der Waals surface area contributed by atoms with Gasteiger partial charge in [-0.1, -0.05) is 28.1 Å². The summed E-state index contributed by atoms with van der Waals surface area (Å²) in [5, 5.41) is 2.21. The van der Waals surface area contributed by atoms with E-state index in [1.54, 1.807) is 0 Å². The molecule has 110 valence electrons. The first kappa shape index (κ1) is 14.5. The number of amides is 1. The van der Waals surface area contributed by atoms with E-state index >= 15 is 0 Å². The Morgan fingerprint density at radius 2 is 1.90 bits per heavy atom. The van der Waals surface area contributed by atoms with Gasteiger partial charge in [-0.15, -0.1) is 0 Å². The lowest BCUT2D eigenvalue weighted by Gasteiger charge is -2.38. The van der Waals surface area contributed by atoms with Gasteiger partial charge in [0.25, 0.3) is 5.91 Å². The van der Waals surface area contributed by atoms with Crippen molar-refractivity contribution >= 4 is 32.6 Å². The molecular weight excluding hydrogens is 330 g/mol. The van der Waals surface area contributed by atoms with Crippen molar-refractivity contribution in [2.45, 2.75) is 19.4 Å². The number of hydrogen-bond acceptors (Lipinski definition) is 2. The molecule has 3 rings (SSSR count). The zero-order valence-electron chi connectivity index (χ0n) is 12.2. The molecule has 0 atom stereocenters. The van der Waals surface area contributed by atoms with Crippen molar-refractivity contribution in [3.8, 4) is 0 Å². The van der Waals surface area contributed by atoms with E-state index in [-0.39, 0.29) is 11.5 Å². The van der Waals surface area contributed by atoms with E-state index in [0.717, 1.165) is 20.8 Å². The fourth-order valence-electron chi connectivity index (χ4n) is 2.72. The van der Waals surface area contributed by atoms with Crippen LogP contribution in [0, 0.1) is 0 Å². The molecular formula is C17H18BrNO2. The minimum atomic E-state index is -0.268. The van der Waals surface area contributed by atoms with Gasteiger partial charge >= 0.3 is 0 Å². The molecule has 1 amide bonds. The molecule has 2 aromatic carbocycles. The summed E-state index contributed by atoms with van der Waals surface area (Å²) in [4.78, 5) is 14.5. The number of rotatable bonds is 1. The third-order valence-electron chi connectivity index (χ3n) is 3.76. The van der Waals surface area contributed by atoms with Gasteiger partial charge in [-0.2, -0.15) is 0 Å². The summed E-state index contributed by atoms with van der Waals surface area (Å²) in [6.45, 7) is 5.92. The smallest absolute Gasteiger partial charge is 0.254 e. The normalized spacial score (nSPS) is 18.0. The highest BCUT2D eigenvalue weighted by molar-refractivity contribution is 9.10. The molecule has 0 unspecified atom stereocenters. The minimum Gasteiger partial charge on any atom is -0.372 e. The maximum absolute atomic E-state index is 12.7. The van der Waals surface area contributed by atoms with Crippen LogP contribution in [0.3, 0.4) is 0 Å². The van der Waals surface area contributed by atoms with E-state index in [1.165, 1.54) is 0 Å². The standard InChI is InChI=1S/C17H18BrNO2/c1-17(2)11-19(7-8-21-17)16(20)14-4-3-13-10-15(18)6-5-12(13)9-14/h3-6,9-10H,7-8,11H2,1-2H3. The average molecular weight is 348 g/mol. The number of carbonyl (C=O) groups is 1. The molecule has 1 saturated heterocycles. The number of morpholine rings is 1. The Balaban J connectivity index is 1.89. The molecule has 0 aromatic heterocycles. The molecule has 1 heterocycles. The summed E-state index contributed by atoms with van der Waals surface area (Å²) >= 11 is 3.47. The second kappa shape index (κ2) is 5.43. The van der Waals surface area contributed by atoms with E-state index in [0.29, 0.717) is 19.7 Å². The summed E-state index contributed by atoms with van der Waals surface area (Å²) in [6.07, 6.45) is 0. The number of hydrogen-bond donors (Lipinski definition) is 0. The zero-order valence-corrected chi connectivity index (χ0v) is 13.8. The third kappa shape index (κ3) is 3.11. The molecule has 0 N–H and O–H groups in total. The number of fused-ring (bicyclic) bond motifs is 1. The summed E-state index contributed by atoms with van der Waals surface area (Å²) in [7, 11) is 0. The molecule has 2 aromatic rings. The van der Waals surface area contributed by atoms with Gasteiger partial charge in [-0.05, 0) is 48.9 Å². The fourth-order valence-corrected chi connectivity index (χ4v) is 3.10. The lowest BCUT2D eigenvalue weighted by molar-refractivity contribution is -0.0763. The number of nitrogens with zero attached hydrogens (tertiary/aromatic N) is 1. The topological polar surface area (TPSA) is 29.5 Å². The van der Waals surface area contributed by atoms with E-state index in [9.17, 15) is 4.79 Å². The Hall–Kier alpha value is -1.39. The molecule has 0 radical (unpaired) electrons. The van der Waals surface area contributed by atoms with Gasteiger partial charge in [0, 0.05) is 23.1 Å². The predicted molar refractivity (Wildman–Crippen MR) is 87.6 cm³/mol. The Kier molecular flexibility index (Phi) is 3.76. The van der Waals surface area contributed by atoms with E-state index in [2.05, 4.69) is 22.0 Å². The molecule has 0 aliphatic carbocycles. The van der Waals surface area contributed by atoms with E-state index < -0.39 is 0 Å². The zero-order chi connectivity index (χ0) is 15.0. The highest BCUT2D eigenvalue weighted by Gasteiger charge is 2.30. The Morgan fingerprint density at radius 1 is 1.19 bits per heavy atom. The maximum atomic E-state index is 12.7. The van der Waals surface area contributed by atoms with Crippen LogP contribution in [-0.2, 0) is 4.74 Å². The molecule has 3 nitrogen and oxygen atoms in total. The van der Waals surface area contributed by atoms with Crippen molar-refractivity contribution in [1.82, 2.24) is 4.90 Å². The highest BCUT2D eigenvalue weighted by Crippen LogP contribution is 2.23. The van der Waals surface area contributed by atoms with Gasteiger partial charge < -0.3 is 9.64 Å². The largest absolute Gasteiger partial charge is 0.372 e. The second-order valence-corrected chi connectivity index (χ2v) is 6.96. The molecule has 0 bridgehead atoms. The minimum absolute atomic E-state index is 0.0798. The summed E-state index contributed by atoms with van der Waals surface area (Å²) < 4.78 is 6.71. The van der Waals surface area contributed by atoms with Crippen LogP contribution in [0.1, 0.15) is 24.2 Å². The van der Waals surface area contributed by atoms with E-state index in [4.69, 9.17) is 4.74 Å². The Labute approximate surface area is 133 Å². The quantitative estimate of drug-likeness (QED) is 0.783. The third-order valence-corrected chi connectivity index (χ3v) is 4.26. The van der Waals surface area contributed by atoms with Crippen molar-refractivity contribution in [2.75, 3.05) is 19.7 Å². The Bertz CT molecular complexity index is 696. The number of ether oxygens (including phenoxy) is 1. The summed E-state index contributed by atoms with van der Waals surface area (Å²) in [5.74, 6) is 0.0798. The van der Waals surface area contributed by atoms with Crippen molar-refractivity contribution in [3.05, 3.63) is 46.4 Å². The van der Waals surface area contributed by atoms with Gasteiger partial charge in [0.15, 0.2) is 0 Å².